The highest BCUT2D eigenvalue weighted by atomic mass is 14.5. The predicted molar refractivity (Wildman–Crippen MR) is 111 cm³/mol. The molecule has 0 aromatic heterocycles. The van der Waals surface area contributed by atoms with Gasteiger partial charge < -0.3 is 0 Å². The molecule has 0 unspecified atom stereocenters. The Morgan fingerprint density at radius 1 is 0.556 bits per heavy atom. The number of hydrogen-bond acceptors (Lipinski definition) is 0. The molecular weight excluding hydrogens is 324 g/mol. The summed E-state index contributed by atoms with van der Waals surface area (Å²) in [6.07, 6.45) is 1.01. The van der Waals surface area contributed by atoms with Crippen LogP contribution in [-0.4, -0.2) is 0 Å². The molecule has 128 valence electrons. The van der Waals surface area contributed by atoms with Crippen molar-refractivity contribution in [2.75, 3.05) is 0 Å². The lowest BCUT2D eigenvalue weighted by atomic mass is 9.61. The third-order valence-electron chi connectivity index (χ3n) is 6.42. The normalized spacial score (nSPS) is 15.0. The van der Waals surface area contributed by atoms with Gasteiger partial charge in [-0.2, -0.15) is 0 Å². The topological polar surface area (TPSA) is 0 Å². The van der Waals surface area contributed by atoms with Gasteiger partial charge >= 0.3 is 0 Å². The van der Waals surface area contributed by atoms with Gasteiger partial charge in [-0.1, -0.05) is 96.6 Å². The van der Waals surface area contributed by atoms with E-state index in [2.05, 4.69) is 97.9 Å². The van der Waals surface area contributed by atoms with Crippen LogP contribution in [0, 0.1) is 6.92 Å². The third kappa shape index (κ3) is 1.78. The SMILES string of the molecule is Cc1ccc2c(c1)-c1ccccc1C21c2ccccc2Cc2ccccc21. The summed E-state index contributed by atoms with van der Waals surface area (Å²) >= 11 is 0. The van der Waals surface area contributed by atoms with Crippen molar-refractivity contribution in [1.29, 1.82) is 0 Å². The average molecular weight is 344 g/mol. The molecule has 0 N–H and O–H groups in total. The molecule has 6 rings (SSSR count). The van der Waals surface area contributed by atoms with E-state index < -0.39 is 0 Å². The lowest BCUT2D eigenvalue weighted by Gasteiger charge is -2.40. The van der Waals surface area contributed by atoms with Crippen molar-refractivity contribution in [2.24, 2.45) is 0 Å². The van der Waals surface area contributed by atoms with E-state index in [0.717, 1.165) is 6.42 Å². The van der Waals surface area contributed by atoms with Crippen LogP contribution in [0.25, 0.3) is 11.1 Å². The second-order valence-corrected chi connectivity index (χ2v) is 7.84. The molecule has 0 aliphatic heterocycles. The van der Waals surface area contributed by atoms with E-state index in [1.54, 1.807) is 0 Å². The first-order valence-corrected chi connectivity index (χ1v) is 9.68. The molecule has 0 amide bonds. The number of fused-ring (bicyclic) bond motifs is 9. The molecule has 2 aliphatic rings. The van der Waals surface area contributed by atoms with E-state index >= 15 is 0 Å². The van der Waals surface area contributed by atoms with Crippen molar-refractivity contribution in [3.05, 3.63) is 130 Å². The third-order valence-corrected chi connectivity index (χ3v) is 6.42. The van der Waals surface area contributed by atoms with Gasteiger partial charge in [-0.15, -0.1) is 0 Å². The highest BCUT2D eigenvalue weighted by Gasteiger charge is 2.49. The summed E-state index contributed by atoms with van der Waals surface area (Å²) < 4.78 is 0. The summed E-state index contributed by atoms with van der Waals surface area (Å²) in [6, 6.07) is 34.0. The number of aryl methyl sites for hydroxylation is 1. The van der Waals surface area contributed by atoms with Gasteiger partial charge in [0.05, 0.1) is 5.41 Å². The molecule has 0 heterocycles. The molecule has 0 saturated carbocycles. The van der Waals surface area contributed by atoms with E-state index in [1.807, 2.05) is 0 Å². The zero-order valence-electron chi connectivity index (χ0n) is 15.4. The molecule has 1 spiro atoms. The van der Waals surface area contributed by atoms with Crippen LogP contribution < -0.4 is 0 Å². The van der Waals surface area contributed by atoms with E-state index in [4.69, 9.17) is 0 Å². The molecule has 0 heteroatoms. The summed E-state index contributed by atoms with van der Waals surface area (Å²) in [5.74, 6) is 0. The first-order chi connectivity index (χ1) is 13.3. The van der Waals surface area contributed by atoms with Crippen LogP contribution in [0.3, 0.4) is 0 Å². The summed E-state index contributed by atoms with van der Waals surface area (Å²) in [4.78, 5) is 0. The van der Waals surface area contributed by atoms with Gasteiger partial charge in [-0.05, 0) is 57.9 Å². The van der Waals surface area contributed by atoms with Crippen molar-refractivity contribution in [3.63, 3.8) is 0 Å². The Morgan fingerprint density at radius 3 is 1.81 bits per heavy atom. The first-order valence-electron chi connectivity index (χ1n) is 9.68. The Kier molecular flexibility index (Phi) is 2.89. The maximum atomic E-state index is 2.36. The smallest absolute Gasteiger partial charge is 0.0620 e. The van der Waals surface area contributed by atoms with Gasteiger partial charge in [0, 0.05) is 0 Å². The van der Waals surface area contributed by atoms with E-state index in [0.29, 0.717) is 0 Å². The lowest BCUT2D eigenvalue weighted by molar-refractivity contribution is 0.722. The molecule has 0 saturated heterocycles. The monoisotopic (exact) mass is 344 g/mol. The summed E-state index contributed by atoms with van der Waals surface area (Å²) in [7, 11) is 0. The number of hydrogen-bond donors (Lipinski definition) is 0. The van der Waals surface area contributed by atoms with Crippen LogP contribution in [0.2, 0.25) is 0 Å². The Balaban J connectivity index is 1.86. The van der Waals surface area contributed by atoms with Gasteiger partial charge in [0.1, 0.15) is 0 Å². The number of rotatable bonds is 0. The summed E-state index contributed by atoms with van der Waals surface area (Å²) in [5.41, 5.74) is 12.5. The summed E-state index contributed by atoms with van der Waals surface area (Å²) in [6.45, 7) is 2.19. The summed E-state index contributed by atoms with van der Waals surface area (Å²) in [5, 5.41) is 0. The molecule has 4 aromatic carbocycles. The van der Waals surface area contributed by atoms with E-state index in [-0.39, 0.29) is 5.41 Å². The fourth-order valence-corrected chi connectivity index (χ4v) is 5.41. The van der Waals surface area contributed by atoms with Crippen LogP contribution in [-0.2, 0) is 11.8 Å². The van der Waals surface area contributed by atoms with E-state index in [9.17, 15) is 0 Å². The molecule has 0 nitrogen and oxygen atoms in total. The second kappa shape index (κ2) is 5.20. The molecular formula is C27H20. The minimum absolute atomic E-state index is 0.203. The van der Waals surface area contributed by atoms with Crippen molar-refractivity contribution in [1.82, 2.24) is 0 Å². The molecule has 27 heavy (non-hydrogen) atoms. The van der Waals surface area contributed by atoms with Crippen LogP contribution in [0.5, 0.6) is 0 Å². The fraction of sp³-hybridized carbons (Fsp3) is 0.111. The number of benzene rings is 4. The molecule has 2 aliphatic carbocycles. The Hall–Kier alpha value is -3.12. The lowest BCUT2D eigenvalue weighted by Crippen LogP contribution is -2.34. The zero-order valence-corrected chi connectivity index (χ0v) is 15.4. The van der Waals surface area contributed by atoms with Crippen molar-refractivity contribution < 1.29 is 0 Å². The van der Waals surface area contributed by atoms with Crippen molar-refractivity contribution >= 4 is 0 Å². The second-order valence-electron chi connectivity index (χ2n) is 7.84. The Bertz CT molecular complexity index is 1170. The molecule has 0 atom stereocenters. The quantitative estimate of drug-likeness (QED) is 0.305. The Morgan fingerprint density at radius 2 is 1.11 bits per heavy atom. The maximum Gasteiger partial charge on any atom is 0.0719 e. The highest BCUT2D eigenvalue weighted by Crippen LogP contribution is 2.59. The Labute approximate surface area is 160 Å². The van der Waals surface area contributed by atoms with Crippen LogP contribution in [0.15, 0.2) is 91.0 Å². The minimum atomic E-state index is -0.203. The van der Waals surface area contributed by atoms with Gasteiger partial charge in [0.15, 0.2) is 0 Å². The highest BCUT2D eigenvalue weighted by molar-refractivity contribution is 5.87. The standard InChI is InChI=1S/C27H20/c1-18-14-15-26-22(16-18)21-10-4-7-13-25(21)27(26)23-11-5-2-8-19(23)17-20-9-3-6-12-24(20)27/h2-16H,17H2,1H3. The van der Waals surface area contributed by atoms with Crippen LogP contribution in [0.4, 0.5) is 0 Å². The van der Waals surface area contributed by atoms with Gasteiger partial charge in [-0.25, -0.2) is 0 Å². The van der Waals surface area contributed by atoms with E-state index in [1.165, 1.54) is 50.1 Å². The van der Waals surface area contributed by atoms with Gasteiger partial charge in [0.25, 0.3) is 0 Å². The molecule has 0 radical (unpaired) electrons. The minimum Gasteiger partial charge on any atom is -0.0620 e. The molecule has 4 aromatic rings. The zero-order chi connectivity index (χ0) is 18.0. The van der Waals surface area contributed by atoms with Gasteiger partial charge in [-0.3, -0.25) is 0 Å². The predicted octanol–water partition coefficient (Wildman–Crippen LogP) is 6.26. The molecule has 0 bridgehead atoms. The first kappa shape index (κ1) is 15.0. The van der Waals surface area contributed by atoms with Crippen LogP contribution in [0.1, 0.15) is 38.9 Å². The van der Waals surface area contributed by atoms with Crippen molar-refractivity contribution in [3.8, 4) is 11.1 Å². The largest absolute Gasteiger partial charge is 0.0719 e. The van der Waals surface area contributed by atoms with Gasteiger partial charge in [0.2, 0.25) is 0 Å². The van der Waals surface area contributed by atoms with Crippen LogP contribution >= 0.6 is 0 Å². The van der Waals surface area contributed by atoms with Crippen molar-refractivity contribution in [2.45, 2.75) is 18.8 Å². The average Bonchev–Trinajstić information content (AvgIpc) is 2.99. The fourth-order valence-electron chi connectivity index (χ4n) is 5.41. The molecule has 0 fully saturated rings. The maximum absolute atomic E-state index is 2.36.